The normalized spacial score (nSPS) is 13.0. The first kappa shape index (κ1) is 45.0. The van der Waals surface area contributed by atoms with Crippen LogP contribution in [0.1, 0.15) is 67.9 Å². The van der Waals surface area contributed by atoms with E-state index >= 15 is 0 Å². The highest BCUT2D eigenvalue weighted by molar-refractivity contribution is 7.25. The highest BCUT2D eigenvalue weighted by Crippen LogP contribution is 2.49. The van der Waals surface area contributed by atoms with E-state index in [1.165, 1.54) is 121 Å². The second kappa shape index (κ2) is 19.1. The lowest BCUT2D eigenvalue weighted by atomic mass is 9.82. The molecule has 2 aromatic heterocycles. The van der Waals surface area contributed by atoms with E-state index in [1.54, 1.807) is 0 Å². The molecule has 70 heavy (non-hydrogen) atoms. The lowest BCUT2D eigenvalue weighted by Crippen LogP contribution is -2.21. The Morgan fingerprint density at radius 2 is 1.04 bits per heavy atom. The monoisotopic (exact) mass is 922 g/mol. The molecule has 0 bridgehead atoms. The van der Waals surface area contributed by atoms with Gasteiger partial charge in [0.1, 0.15) is 11.0 Å². The van der Waals surface area contributed by atoms with Crippen LogP contribution in [0.2, 0.25) is 0 Å². The van der Waals surface area contributed by atoms with Crippen LogP contribution in [0.4, 0.5) is 0 Å². The third-order valence-electron chi connectivity index (χ3n) is 14.3. The van der Waals surface area contributed by atoms with Gasteiger partial charge in [0.25, 0.3) is 0 Å². The molecule has 13 rings (SSSR count). The molecule has 9 aromatic carbocycles. The first-order valence-electron chi connectivity index (χ1n) is 24.9. The van der Waals surface area contributed by atoms with Crippen molar-refractivity contribution < 1.29 is 4.42 Å². The summed E-state index contributed by atoms with van der Waals surface area (Å²) in [5.41, 5.74) is 21.8. The Bertz CT molecular complexity index is 3820. The topological polar surface area (TPSA) is 13.1 Å². The summed E-state index contributed by atoms with van der Waals surface area (Å²) in [6, 6.07) is 72.9. The Morgan fingerprint density at radius 3 is 1.84 bits per heavy atom. The van der Waals surface area contributed by atoms with Gasteiger partial charge >= 0.3 is 0 Å². The summed E-state index contributed by atoms with van der Waals surface area (Å²) >= 11 is 1.88. The Balaban J connectivity index is 0.000000116. The van der Waals surface area contributed by atoms with Gasteiger partial charge in [-0.3, -0.25) is 0 Å². The van der Waals surface area contributed by atoms with Gasteiger partial charge in [0.05, 0.1) is 0 Å². The quantitative estimate of drug-likeness (QED) is 0.162. The van der Waals surface area contributed by atoms with E-state index in [0.29, 0.717) is 0 Å². The van der Waals surface area contributed by atoms with E-state index in [-0.39, 0.29) is 5.41 Å². The van der Waals surface area contributed by atoms with Gasteiger partial charge in [0.15, 0.2) is 0 Å². The van der Waals surface area contributed by atoms with Gasteiger partial charge in [-0.25, -0.2) is 0 Å². The third kappa shape index (κ3) is 8.63. The first-order valence-corrected chi connectivity index (χ1v) is 25.8. The van der Waals surface area contributed by atoms with Gasteiger partial charge in [0, 0.05) is 41.8 Å². The van der Waals surface area contributed by atoms with Crippen molar-refractivity contribution in [3.8, 4) is 55.6 Å². The molecule has 2 aliphatic carbocycles. The number of rotatable bonds is 6. The average Bonchev–Trinajstić information content (AvgIpc) is 4.05. The molecule has 0 amide bonds. The van der Waals surface area contributed by atoms with E-state index in [4.69, 9.17) is 4.42 Å². The fraction of sp³-hybridized carbons (Fsp3) is 0.147. The van der Waals surface area contributed by atoms with E-state index in [0.717, 1.165) is 30.3 Å². The number of fused-ring (bicyclic) bond motifs is 9. The molecule has 0 unspecified atom stereocenters. The molecule has 2 aliphatic rings. The van der Waals surface area contributed by atoms with E-state index < -0.39 is 0 Å². The second-order valence-corrected chi connectivity index (χ2v) is 20.6. The average molecular weight is 923 g/mol. The summed E-state index contributed by atoms with van der Waals surface area (Å²) in [7, 11) is 0. The predicted octanol–water partition coefficient (Wildman–Crippen LogP) is 18.1. The van der Waals surface area contributed by atoms with Crippen molar-refractivity contribution >= 4 is 54.6 Å². The molecule has 11 aromatic rings. The summed E-state index contributed by atoms with van der Waals surface area (Å²) in [6.07, 6.45) is 9.04. The van der Waals surface area contributed by atoms with Crippen LogP contribution < -0.4 is 10.6 Å². The molecule has 0 saturated heterocycles. The van der Waals surface area contributed by atoms with Gasteiger partial charge in [0.2, 0.25) is 0 Å². The minimum absolute atomic E-state index is 0.0634. The van der Waals surface area contributed by atoms with Gasteiger partial charge in [-0.15, -0.1) is 11.3 Å². The number of para-hydroxylation sites is 1. The van der Waals surface area contributed by atoms with Gasteiger partial charge in [-0.2, -0.15) is 0 Å². The number of aryl methyl sites for hydroxylation is 3. The largest absolute Gasteiger partial charge is 0.456 e. The highest BCUT2D eigenvalue weighted by atomic mass is 32.1. The maximum Gasteiger partial charge on any atom is 0.143 e. The predicted molar refractivity (Wildman–Crippen MR) is 302 cm³/mol. The molecular formula is C68H58OS. The van der Waals surface area contributed by atoms with Crippen LogP contribution in [0.3, 0.4) is 0 Å². The Labute approximate surface area is 416 Å². The number of thiophene rings is 1. The maximum atomic E-state index is 6.12. The minimum Gasteiger partial charge on any atom is -0.456 e. The standard InChI is InChI=1S/C28H24.C21H18S.C19H16O/c1-19-8-6-9-20(16-19)21-10-7-11-22(17-21)23-14-15-27-25(18-23)24-12-4-5-13-26(24)28(27,2)3;1-2-6-15-11-13-16(14-12-15)17-8-5-10-20-21(17)18-7-3-4-9-19(18)22-20;1-13-9-11-14(12-10-13)15-6-4-7-17-16-5-2-3-8-18(16)20-19(15)17/h4-18H,1-3H3;3-5,7-14H,2,6H2,1H3;4-12H,2-3H2,1H3. The van der Waals surface area contributed by atoms with Gasteiger partial charge < -0.3 is 4.42 Å². The lowest BCUT2D eigenvalue weighted by molar-refractivity contribution is 0.572. The van der Waals surface area contributed by atoms with Crippen molar-refractivity contribution in [3.63, 3.8) is 0 Å². The molecular weight excluding hydrogens is 865 g/mol. The summed E-state index contributed by atoms with van der Waals surface area (Å²) < 4.78 is 8.86. The van der Waals surface area contributed by atoms with Crippen molar-refractivity contribution in [1.29, 1.82) is 0 Å². The van der Waals surface area contributed by atoms with Crippen molar-refractivity contribution in [1.82, 2.24) is 0 Å². The lowest BCUT2D eigenvalue weighted by Gasteiger charge is -2.21. The molecule has 0 aliphatic heterocycles. The van der Waals surface area contributed by atoms with E-state index in [1.807, 2.05) is 11.3 Å². The Hall–Kier alpha value is -7.52. The molecule has 2 heterocycles. The van der Waals surface area contributed by atoms with Gasteiger partial charge in [-0.1, -0.05) is 220 Å². The summed E-state index contributed by atoms with van der Waals surface area (Å²) in [4.78, 5) is 0. The van der Waals surface area contributed by atoms with Gasteiger partial charge in [-0.05, 0) is 130 Å². The molecule has 0 fully saturated rings. The number of benzene rings is 9. The molecule has 1 nitrogen and oxygen atoms in total. The number of hydrogen-bond donors (Lipinski definition) is 0. The maximum absolute atomic E-state index is 6.12. The Morgan fingerprint density at radius 1 is 0.457 bits per heavy atom. The molecule has 0 spiro atoms. The van der Waals surface area contributed by atoms with Crippen LogP contribution in [-0.4, -0.2) is 0 Å². The fourth-order valence-corrected chi connectivity index (χ4v) is 11.8. The number of furan rings is 1. The summed E-state index contributed by atoms with van der Waals surface area (Å²) in [5, 5.41) is 5.26. The van der Waals surface area contributed by atoms with Crippen LogP contribution in [-0.2, 0) is 11.8 Å². The number of hydrogen-bond acceptors (Lipinski definition) is 2. The zero-order valence-electron chi connectivity index (χ0n) is 40.9. The van der Waals surface area contributed by atoms with Crippen molar-refractivity contribution in [3.05, 3.63) is 239 Å². The van der Waals surface area contributed by atoms with Crippen molar-refractivity contribution in [2.45, 2.75) is 65.7 Å². The smallest absolute Gasteiger partial charge is 0.143 e. The zero-order valence-corrected chi connectivity index (χ0v) is 41.7. The first-order chi connectivity index (χ1) is 34.2. The summed E-state index contributed by atoms with van der Waals surface area (Å²) in [5.74, 6) is 0. The Kier molecular flexibility index (Phi) is 12.3. The molecule has 342 valence electrons. The molecule has 0 radical (unpaired) electrons. The molecule has 0 saturated carbocycles. The fourth-order valence-electron chi connectivity index (χ4n) is 10.7. The molecule has 0 N–H and O–H groups in total. The molecule has 2 heteroatoms. The molecule has 0 atom stereocenters. The highest BCUT2D eigenvalue weighted by Gasteiger charge is 2.35. The van der Waals surface area contributed by atoms with Crippen LogP contribution >= 0.6 is 11.3 Å². The van der Waals surface area contributed by atoms with E-state index in [2.05, 4.69) is 247 Å². The third-order valence-corrected chi connectivity index (χ3v) is 15.5. The van der Waals surface area contributed by atoms with Crippen LogP contribution in [0, 0.1) is 13.8 Å². The van der Waals surface area contributed by atoms with E-state index in [9.17, 15) is 0 Å². The van der Waals surface area contributed by atoms with Crippen molar-refractivity contribution in [2.75, 3.05) is 0 Å². The zero-order chi connectivity index (χ0) is 47.8. The van der Waals surface area contributed by atoms with Crippen molar-refractivity contribution in [2.24, 2.45) is 0 Å². The summed E-state index contributed by atoms with van der Waals surface area (Å²) in [6.45, 7) is 11.1. The van der Waals surface area contributed by atoms with Crippen LogP contribution in [0.5, 0.6) is 0 Å². The van der Waals surface area contributed by atoms with Crippen LogP contribution in [0.25, 0.3) is 98.9 Å². The minimum atomic E-state index is 0.0634. The second-order valence-electron chi connectivity index (χ2n) is 19.5. The SMILES string of the molecule is CCCc1ccc(-c2cccc3sc4ccccc4c23)cc1.Cc1ccc(-c2cccc3c4c(oc23)=CCCC=4)cc1.Cc1cccc(-c2cccc(-c3ccc4c(c3)-c3ccccc3C4(C)C)c2)c1. The van der Waals surface area contributed by atoms with Crippen LogP contribution in [0.15, 0.2) is 205 Å².